The van der Waals surface area contributed by atoms with Gasteiger partial charge in [-0.2, -0.15) is 0 Å². The molecule has 2 unspecified atom stereocenters. The van der Waals surface area contributed by atoms with E-state index >= 15 is 0 Å². The van der Waals surface area contributed by atoms with Crippen molar-refractivity contribution in [3.8, 4) is 0 Å². The van der Waals surface area contributed by atoms with Gasteiger partial charge in [0.2, 0.25) is 5.91 Å². The summed E-state index contributed by atoms with van der Waals surface area (Å²) >= 11 is 0. The second kappa shape index (κ2) is 4.58. The summed E-state index contributed by atoms with van der Waals surface area (Å²) in [6.07, 6.45) is 2.40. The van der Waals surface area contributed by atoms with E-state index in [0.717, 1.165) is 31.6 Å². The van der Waals surface area contributed by atoms with Crippen molar-refractivity contribution in [1.82, 2.24) is 10.2 Å². The SMILES string of the molecule is CC(C(=O)N1CCCC(C)C1C)=C1CNC1. The molecule has 0 aliphatic carbocycles. The molecule has 0 saturated carbocycles. The first-order valence-corrected chi connectivity index (χ1v) is 6.31. The Morgan fingerprint density at radius 1 is 1.38 bits per heavy atom. The molecule has 2 heterocycles. The predicted molar refractivity (Wildman–Crippen MR) is 65.1 cm³/mol. The van der Waals surface area contributed by atoms with Gasteiger partial charge in [0, 0.05) is 31.2 Å². The van der Waals surface area contributed by atoms with E-state index in [1.807, 2.05) is 6.92 Å². The first kappa shape index (κ1) is 11.6. The molecule has 1 N–H and O–H groups in total. The van der Waals surface area contributed by atoms with Crippen molar-refractivity contribution < 1.29 is 4.79 Å². The summed E-state index contributed by atoms with van der Waals surface area (Å²) < 4.78 is 0. The fourth-order valence-electron chi connectivity index (χ4n) is 2.50. The zero-order chi connectivity index (χ0) is 11.7. The highest BCUT2D eigenvalue weighted by Gasteiger charge is 2.30. The van der Waals surface area contributed by atoms with Gasteiger partial charge in [-0.05, 0) is 38.2 Å². The summed E-state index contributed by atoms with van der Waals surface area (Å²) in [6.45, 7) is 9.13. The molecule has 2 aliphatic rings. The highest BCUT2D eigenvalue weighted by atomic mass is 16.2. The van der Waals surface area contributed by atoms with Crippen LogP contribution >= 0.6 is 0 Å². The molecule has 2 fully saturated rings. The van der Waals surface area contributed by atoms with Crippen molar-refractivity contribution in [3.05, 3.63) is 11.1 Å². The summed E-state index contributed by atoms with van der Waals surface area (Å²) in [6, 6.07) is 0.393. The van der Waals surface area contributed by atoms with Crippen LogP contribution in [0, 0.1) is 5.92 Å². The summed E-state index contributed by atoms with van der Waals surface area (Å²) in [7, 11) is 0. The maximum Gasteiger partial charge on any atom is 0.249 e. The second-order valence-corrected chi connectivity index (χ2v) is 5.19. The Kier molecular flexibility index (Phi) is 3.33. The lowest BCUT2D eigenvalue weighted by Gasteiger charge is -2.39. The number of likely N-dealkylation sites (tertiary alicyclic amines) is 1. The van der Waals surface area contributed by atoms with E-state index in [0.29, 0.717) is 12.0 Å². The molecule has 2 saturated heterocycles. The van der Waals surface area contributed by atoms with Gasteiger partial charge in [-0.1, -0.05) is 6.92 Å². The molecule has 2 rings (SSSR count). The van der Waals surface area contributed by atoms with Crippen molar-refractivity contribution in [1.29, 1.82) is 0 Å². The summed E-state index contributed by atoms with van der Waals surface area (Å²) in [5.74, 6) is 0.894. The quantitative estimate of drug-likeness (QED) is 0.683. The van der Waals surface area contributed by atoms with E-state index in [-0.39, 0.29) is 5.91 Å². The first-order chi connectivity index (χ1) is 7.61. The van der Waals surface area contributed by atoms with Crippen LogP contribution in [0.25, 0.3) is 0 Å². The molecule has 16 heavy (non-hydrogen) atoms. The highest BCUT2D eigenvalue weighted by molar-refractivity contribution is 5.94. The van der Waals surface area contributed by atoms with Crippen LogP contribution in [0.2, 0.25) is 0 Å². The summed E-state index contributed by atoms with van der Waals surface area (Å²) in [5, 5.41) is 3.19. The summed E-state index contributed by atoms with van der Waals surface area (Å²) in [4.78, 5) is 14.4. The Morgan fingerprint density at radius 2 is 2.06 bits per heavy atom. The average molecular weight is 222 g/mol. The Morgan fingerprint density at radius 3 is 2.62 bits per heavy atom. The molecule has 2 aliphatic heterocycles. The number of amides is 1. The number of nitrogens with one attached hydrogen (secondary N) is 1. The lowest BCUT2D eigenvalue weighted by Crippen LogP contribution is -2.47. The van der Waals surface area contributed by atoms with Crippen LogP contribution in [0.5, 0.6) is 0 Å². The van der Waals surface area contributed by atoms with Crippen LogP contribution in [0.1, 0.15) is 33.6 Å². The molecule has 0 aromatic carbocycles. The van der Waals surface area contributed by atoms with Gasteiger partial charge in [0.25, 0.3) is 0 Å². The van der Waals surface area contributed by atoms with Crippen LogP contribution in [0.3, 0.4) is 0 Å². The van der Waals surface area contributed by atoms with Crippen molar-refractivity contribution in [3.63, 3.8) is 0 Å². The molecule has 2 atom stereocenters. The van der Waals surface area contributed by atoms with E-state index in [1.54, 1.807) is 0 Å². The van der Waals surface area contributed by atoms with Crippen LogP contribution in [-0.4, -0.2) is 36.5 Å². The number of hydrogen-bond donors (Lipinski definition) is 1. The topological polar surface area (TPSA) is 32.3 Å². The minimum atomic E-state index is 0.260. The van der Waals surface area contributed by atoms with Gasteiger partial charge in [0.1, 0.15) is 0 Å². The van der Waals surface area contributed by atoms with Gasteiger partial charge < -0.3 is 10.2 Å². The van der Waals surface area contributed by atoms with E-state index < -0.39 is 0 Å². The number of carbonyl (C=O) groups is 1. The van der Waals surface area contributed by atoms with Crippen LogP contribution < -0.4 is 5.32 Å². The largest absolute Gasteiger partial charge is 0.336 e. The third-order valence-electron chi connectivity index (χ3n) is 4.16. The molecule has 3 heteroatoms. The van der Waals surface area contributed by atoms with E-state index in [2.05, 4.69) is 24.1 Å². The molecule has 3 nitrogen and oxygen atoms in total. The lowest BCUT2D eigenvalue weighted by molar-refractivity contribution is -0.131. The number of piperidine rings is 1. The molecule has 0 aromatic rings. The van der Waals surface area contributed by atoms with Crippen LogP contribution in [0.15, 0.2) is 11.1 Å². The average Bonchev–Trinajstić information content (AvgIpc) is 2.18. The Balaban J connectivity index is 2.09. The smallest absolute Gasteiger partial charge is 0.249 e. The maximum absolute atomic E-state index is 12.3. The van der Waals surface area contributed by atoms with E-state index in [4.69, 9.17) is 0 Å². The van der Waals surface area contributed by atoms with Gasteiger partial charge in [0.15, 0.2) is 0 Å². The fraction of sp³-hybridized carbons (Fsp3) is 0.769. The van der Waals surface area contributed by atoms with Crippen molar-refractivity contribution in [2.24, 2.45) is 5.92 Å². The van der Waals surface area contributed by atoms with Crippen LogP contribution in [-0.2, 0) is 4.79 Å². The van der Waals surface area contributed by atoms with Gasteiger partial charge >= 0.3 is 0 Å². The minimum absolute atomic E-state index is 0.260. The Labute approximate surface area is 97.9 Å². The number of rotatable bonds is 1. The third kappa shape index (κ3) is 2.01. The predicted octanol–water partition coefficient (Wildman–Crippen LogP) is 1.55. The standard InChI is InChI=1S/C13H22N2O/c1-9-5-4-6-15(11(9)3)13(16)10(2)12-7-14-8-12/h9,11,14H,4-8H2,1-3H3. The highest BCUT2D eigenvalue weighted by Crippen LogP contribution is 2.25. The van der Waals surface area contributed by atoms with Gasteiger partial charge in [-0.15, -0.1) is 0 Å². The van der Waals surface area contributed by atoms with E-state index in [1.165, 1.54) is 12.0 Å². The molecular weight excluding hydrogens is 200 g/mol. The monoisotopic (exact) mass is 222 g/mol. The zero-order valence-corrected chi connectivity index (χ0v) is 10.5. The Hall–Kier alpha value is -0.830. The number of nitrogens with zero attached hydrogens (tertiary/aromatic N) is 1. The van der Waals surface area contributed by atoms with Crippen LogP contribution in [0.4, 0.5) is 0 Å². The fourth-order valence-corrected chi connectivity index (χ4v) is 2.50. The number of carbonyl (C=O) groups excluding carboxylic acids is 1. The molecule has 0 bridgehead atoms. The lowest BCUT2D eigenvalue weighted by atomic mass is 9.91. The number of hydrogen-bond acceptors (Lipinski definition) is 2. The second-order valence-electron chi connectivity index (χ2n) is 5.19. The van der Waals surface area contributed by atoms with Crippen molar-refractivity contribution in [2.45, 2.75) is 39.7 Å². The first-order valence-electron chi connectivity index (χ1n) is 6.31. The van der Waals surface area contributed by atoms with E-state index in [9.17, 15) is 4.79 Å². The van der Waals surface area contributed by atoms with Crippen molar-refractivity contribution >= 4 is 5.91 Å². The van der Waals surface area contributed by atoms with Crippen molar-refractivity contribution in [2.75, 3.05) is 19.6 Å². The third-order valence-corrected chi connectivity index (χ3v) is 4.16. The minimum Gasteiger partial charge on any atom is -0.336 e. The molecule has 0 aromatic heterocycles. The van der Waals surface area contributed by atoms with Gasteiger partial charge in [-0.25, -0.2) is 0 Å². The normalized spacial score (nSPS) is 29.9. The van der Waals surface area contributed by atoms with Gasteiger partial charge in [-0.3, -0.25) is 4.79 Å². The molecule has 90 valence electrons. The zero-order valence-electron chi connectivity index (χ0n) is 10.5. The molecule has 0 radical (unpaired) electrons. The Bertz CT molecular complexity index is 316. The van der Waals surface area contributed by atoms with Gasteiger partial charge in [0.05, 0.1) is 0 Å². The molecular formula is C13H22N2O. The maximum atomic E-state index is 12.3. The summed E-state index contributed by atoms with van der Waals surface area (Å²) in [5.41, 5.74) is 2.26. The molecule has 0 spiro atoms. The molecule has 1 amide bonds.